The third kappa shape index (κ3) is 5.86. The van der Waals surface area contributed by atoms with Gasteiger partial charge < -0.3 is 4.90 Å². The van der Waals surface area contributed by atoms with Crippen molar-refractivity contribution in [2.24, 2.45) is 0 Å². The van der Waals surface area contributed by atoms with E-state index >= 15 is 0 Å². The van der Waals surface area contributed by atoms with Crippen molar-refractivity contribution in [3.05, 3.63) is 271 Å². The first kappa shape index (κ1) is 35.4. The zero-order valence-corrected chi connectivity index (χ0v) is 33.1. The van der Waals surface area contributed by atoms with Crippen LogP contribution in [0.1, 0.15) is 22.3 Å². The Kier molecular flexibility index (Phi) is 8.79. The minimum atomic E-state index is -0.496. The lowest BCUT2D eigenvalue weighted by Crippen LogP contribution is -2.28. The molecule has 11 rings (SSSR count). The molecule has 0 radical (unpaired) electrons. The maximum atomic E-state index is 2.46. The molecule has 10 aromatic carbocycles. The van der Waals surface area contributed by atoms with Crippen LogP contribution in [0, 0.1) is 0 Å². The summed E-state index contributed by atoms with van der Waals surface area (Å²) < 4.78 is 0. The van der Waals surface area contributed by atoms with Crippen LogP contribution in [-0.4, -0.2) is 0 Å². The average Bonchev–Trinajstić information content (AvgIpc) is 3.64. The van der Waals surface area contributed by atoms with Gasteiger partial charge in [0.05, 0.1) is 11.1 Å². The largest absolute Gasteiger partial charge is 0.310 e. The van der Waals surface area contributed by atoms with Crippen LogP contribution in [0.15, 0.2) is 249 Å². The molecule has 0 amide bonds. The molecule has 60 heavy (non-hydrogen) atoms. The quantitative estimate of drug-likeness (QED) is 0.149. The first-order chi connectivity index (χ1) is 29.8. The maximum Gasteiger partial charge on any atom is 0.0714 e. The highest BCUT2D eigenvalue weighted by molar-refractivity contribution is 6.00. The molecule has 0 aliphatic heterocycles. The fraction of sp³-hybridized carbons (Fsp3) is 0.0169. The summed E-state index contributed by atoms with van der Waals surface area (Å²) in [4.78, 5) is 2.46. The molecule has 0 heterocycles. The number of hydrogen-bond acceptors (Lipinski definition) is 1. The third-order valence-electron chi connectivity index (χ3n) is 12.4. The van der Waals surface area contributed by atoms with Gasteiger partial charge in [-0.1, -0.05) is 212 Å². The topological polar surface area (TPSA) is 3.24 Å². The van der Waals surface area contributed by atoms with Crippen molar-refractivity contribution in [3.63, 3.8) is 0 Å². The molecule has 1 nitrogen and oxygen atoms in total. The van der Waals surface area contributed by atoms with Crippen molar-refractivity contribution in [2.75, 3.05) is 4.90 Å². The summed E-state index contributed by atoms with van der Waals surface area (Å²) in [6.45, 7) is 0. The minimum Gasteiger partial charge on any atom is -0.310 e. The van der Waals surface area contributed by atoms with E-state index < -0.39 is 5.41 Å². The number of fused-ring (bicyclic) bond motifs is 4. The smallest absolute Gasteiger partial charge is 0.0714 e. The van der Waals surface area contributed by atoms with E-state index in [0.29, 0.717) is 0 Å². The molecule has 1 heteroatoms. The van der Waals surface area contributed by atoms with E-state index in [0.717, 1.165) is 17.1 Å². The second kappa shape index (κ2) is 14.9. The van der Waals surface area contributed by atoms with Crippen LogP contribution >= 0.6 is 0 Å². The van der Waals surface area contributed by atoms with Gasteiger partial charge in [-0.3, -0.25) is 0 Å². The summed E-state index contributed by atoms with van der Waals surface area (Å²) in [5, 5.41) is 2.48. The fourth-order valence-corrected chi connectivity index (χ4v) is 9.65. The van der Waals surface area contributed by atoms with Crippen LogP contribution < -0.4 is 4.90 Å². The van der Waals surface area contributed by atoms with Crippen LogP contribution in [0.5, 0.6) is 0 Å². The van der Waals surface area contributed by atoms with E-state index in [1.54, 1.807) is 0 Å². The van der Waals surface area contributed by atoms with Crippen LogP contribution in [0.2, 0.25) is 0 Å². The van der Waals surface area contributed by atoms with Crippen molar-refractivity contribution in [1.29, 1.82) is 0 Å². The Morgan fingerprint density at radius 2 is 0.767 bits per heavy atom. The van der Waals surface area contributed by atoms with Gasteiger partial charge in [0.2, 0.25) is 0 Å². The van der Waals surface area contributed by atoms with Crippen molar-refractivity contribution < 1.29 is 0 Å². The van der Waals surface area contributed by atoms with Crippen molar-refractivity contribution in [2.45, 2.75) is 5.41 Å². The van der Waals surface area contributed by atoms with Gasteiger partial charge in [0.1, 0.15) is 0 Å². The van der Waals surface area contributed by atoms with Gasteiger partial charge in [-0.25, -0.2) is 0 Å². The Labute approximate surface area is 352 Å². The van der Waals surface area contributed by atoms with Crippen LogP contribution in [0.3, 0.4) is 0 Å². The third-order valence-corrected chi connectivity index (χ3v) is 12.4. The Morgan fingerprint density at radius 1 is 0.300 bits per heavy atom. The molecule has 1 aliphatic carbocycles. The molecule has 0 aromatic heterocycles. The van der Waals surface area contributed by atoms with Gasteiger partial charge in [-0.15, -0.1) is 0 Å². The van der Waals surface area contributed by atoms with E-state index in [4.69, 9.17) is 0 Å². The zero-order valence-electron chi connectivity index (χ0n) is 33.1. The summed E-state index contributed by atoms with van der Waals surface area (Å²) in [7, 11) is 0. The molecular formula is C59H41N. The van der Waals surface area contributed by atoms with E-state index in [9.17, 15) is 0 Å². The number of anilines is 3. The molecule has 0 saturated heterocycles. The maximum absolute atomic E-state index is 2.46. The summed E-state index contributed by atoms with van der Waals surface area (Å²) in [6, 6.07) is 91.0. The fourth-order valence-electron chi connectivity index (χ4n) is 9.65. The first-order valence-electron chi connectivity index (χ1n) is 20.8. The van der Waals surface area contributed by atoms with E-state index in [2.05, 4.69) is 254 Å². The SMILES string of the molecule is c1ccc(-c2ccc(N(c3ccc(-c4cccc5ccc(-c6ccccc6)cc45)cc3)c3cccc4c3-c3ccccc3C4(c3ccccc3)c3ccccc3)cc2)cc1. The van der Waals surface area contributed by atoms with Crippen LogP contribution in [0.25, 0.3) is 55.3 Å². The van der Waals surface area contributed by atoms with Crippen LogP contribution in [-0.2, 0) is 5.41 Å². The van der Waals surface area contributed by atoms with Gasteiger partial charge in [0, 0.05) is 16.9 Å². The Hall–Kier alpha value is -7.74. The molecule has 1 aliphatic rings. The minimum absolute atomic E-state index is 0.496. The van der Waals surface area contributed by atoms with Crippen LogP contribution in [0.4, 0.5) is 17.1 Å². The molecule has 0 bridgehead atoms. The molecular weight excluding hydrogens is 723 g/mol. The zero-order chi connectivity index (χ0) is 39.9. The summed E-state index contributed by atoms with van der Waals surface area (Å²) >= 11 is 0. The highest BCUT2D eigenvalue weighted by Crippen LogP contribution is 2.59. The number of nitrogens with zero attached hydrogens (tertiary/aromatic N) is 1. The lowest BCUT2D eigenvalue weighted by atomic mass is 9.68. The van der Waals surface area contributed by atoms with Gasteiger partial charge in [-0.05, 0) is 108 Å². The molecule has 0 unspecified atom stereocenters. The lowest BCUT2D eigenvalue weighted by Gasteiger charge is -2.34. The number of benzene rings is 10. The van der Waals surface area contributed by atoms with Gasteiger partial charge >= 0.3 is 0 Å². The van der Waals surface area contributed by atoms with Crippen molar-refractivity contribution in [1.82, 2.24) is 0 Å². The standard InChI is InChI=1S/C59H41N/c1-5-17-42(18-6-1)44-33-37-50(38-34-44)60(51-39-35-46(36-40-51)52-27-15-21-45-31-32-47(41-54(45)52)43-19-7-2-8-20-43)57-30-16-29-56-58(57)53-26-13-14-28-55(53)59(56,48-22-9-3-10-23-48)49-24-11-4-12-25-49/h1-41H. The normalized spacial score (nSPS) is 12.5. The molecule has 10 aromatic rings. The Bertz CT molecular complexity index is 3060. The molecule has 0 saturated carbocycles. The average molecular weight is 764 g/mol. The van der Waals surface area contributed by atoms with Crippen molar-refractivity contribution >= 4 is 27.8 Å². The second-order valence-corrected chi connectivity index (χ2v) is 15.6. The summed E-state index contributed by atoms with van der Waals surface area (Å²) in [5.41, 5.74) is 17.7. The highest BCUT2D eigenvalue weighted by atomic mass is 15.1. The monoisotopic (exact) mass is 763 g/mol. The highest BCUT2D eigenvalue weighted by Gasteiger charge is 2.47. The van der Waals surface area contributed by atoms with E-state index in [1.165, 1.54) is 77.5 Å². The molecule has 282 valence electrons. The first-order valence-corrected chi connectivity index (χ1v) is 20.8. The number of hydrogen-bond donors (Lipinski definition) is 0. The summed E-state index contributed by atoms with van der Waals surface area (Å²) in [6.07, 6.45) is 0. The predicted molar refractivity (Wildman–Crippen MR) is 252 cm³/mol. The molecule has 0 atom stereocenters. The van der Waals surface area contributed by atoms with E-state index in [-0.39, 0.29) is 0 Å². The molecule has 0 spiro atoms. The predicted octanol–water partition coefficient (Wildman–Crippen LogP) is 15.7. The van der Waals surface area contributed by atoms with Gasteiger partial charge in [0.25, 0.3) is 0 Å². The summed E-state index contributed by atoms with van der Waals surface area (Å²) in [5.74, 6) is 0. The Balaban J connectivity index is 1.11. The van der Waals surface area contributed by atoms with Gasteiger partial charge in [-0.2, -0.15) is 0 Å². The lowest BCUT2D eigenvalue weighted by molar-refractivity contribution is 0.768. The molecule has 0 N–H and O–H groups in total. The second-order valence-electron chi connectivity index (χ2n) is 15.6. The number of rotatable bonds is 8. The Morgan fingerprint density at radius 3 is 1.40 bits per heavy atom. The van der Waals surface area contributed by atoms with Gasteiger partial charge in [0.15, 0.2) is 0 Å². The molecule has 0 fully saturated rings. The van der Waals surface area contributed by atoms with E-state index in [1.807, 2.05) is 0 Å². The van der Waals surface area contributed by atoms with Crippen molar-refractivity contribution in [3.8, 4) is 44.5 Å².